The van der Waals surface area contributed by atoms with Gasteiger partial charge in [-0.3, -0.25) is 14.6 Å². The van der Waals surface area contributed by atoms with Gasteiger partial charge in [0.15, 0.2) is 17.7 Å². The number of nitrogens with one attached hydrogen (secondary N) is 1. The molecule has 2 amide bonds. The number of amides is 2. The van der Waals surface area contributed by atoms with Crippen molar-refractivity contribution in [3.8, 4) is 11.5 Å². The molecule has 2 aromatic carbocycles. The van der Waals surface area contributed by atoms with Crippen LogP contribution in [0.1, 0.15) is 46.7 Å². The second-order valence-corrected chi connectivity index (χ2v) is 9.28. The van der Waals surface area contributed by atoms with Crippen LogP contribution in [-0.2, 0) is 0 Å². The average Bonchev–Trinajstić information content (AvgIpc) is 2.92. The van der Waals surface area contributed by atoms with Crippen molar-refractivity contribution in [2.45, 2.75) is 31.7 Å². The van der Waals surface area contributed by atoms with E-state index in [0.29, 0.717) is 23.6 Å². The van der Waals surface area contributed by atoms with Crippen LogP contribution in [0.3, 0.4) is 0 Å². The van der Waals surface area contributed by atoms with E-state index in [9.17, 15) is 9.59 Å². The summed E-state index contributed by atoms with van der Waals surface area (Å²) >= 11 is 1.19. The van der Waals surface area contributed by atoms with Crippen molar-refractivity contribution < 1.29 is 19.1 Å². The van der Waals surface area contributed by atoms with Gasteiger partial charge >= 0.3 is 5.24 Å². The molecule has 2 atom stereocenters. The van der Waals surface area contributed by atoms with Crippen molar-refractivity contribution in [2.75, 3.05) is 14.2 Å². The molecule has 4 rings (SSSR count). The van der Waals surface area contributed by atoms with E-state index in [2.05, 4.69) is 10.3 Å². The zero-order chi connectivity index (χ0) is 25.7. The van der Waals surface area contributed by atoms with Gasteiger partial charge in [-0.2, -0.15) is 10.1 Å². The van der Waals surface area contributed by atoms with Crippen molar-refractivity contribution >= 4 is 28.6 Å². The maximum atomic E-state index is 13.4. The standard InChI is InChI=1S/C27H28N4O4S/c1-5-23-24(18-13-14-21(34-3)22(16-18)35-4)30-31(27(33)36-23)25(19-11-7-6-10-17(19)2)29-26(32)20-12-8-9-15-28-20/h6-16,23,25H,5H2,1-4H3,(H,29,32). The van der Waals surface area contributed by atoms with Crippen LogP contribution in [0.15, 0.2) is 72.0 Å². The summed E-state index contributed by atoms with van der Waals surface area (Å²) in [5.74, 6) is 0.772. The van der Waals surface area contributed by atoms with Gasteiger partial charge in [-0.1, -0.05) is 49.0 Å². The van der Waals surface area contributed by atoms with Gasteiger partial charge < -0.3 is 14.8 Å². The Morgan fingerprint density at radius 3 is 2.50 bits per heavy atom. The fourth-order valence-electron chi connectivity index (χ4n) is 3.99. The summed E-state index contributed by atoms with van der Waals surface area (Å²) in [7, 11) is 3.16. The third-order valence-corrected chi connectivity index (χ3v) is 7.12. The SMILES string of the molecule is CCC1SC(=O)N(C(NC(=O)c2ccccn2)c2ccccc2C)N=C1c1ccc(OC)c(OC)c1. The molecule has 0 spiro atoms. The summed E-state index contributed by atoms with van der Waals surface area (Å²) in [4.78, 5) is 30.6. The summed E-state index contributed by atoms with van der Waals surface area (Å²) < 4.78 is 10.9. The fourth-order valence-corrected chi connectivity index (χ4v) is 4.95. The first-order valence-electron chi connectivity index (χ1n) is 11.5. The number of hydrogen-bond donors (Lipinski definition) is 1. The number of carbonyl (C=O) groups is 2. The van der Waals surface area contributed by atoms with E-state index in [1.54, 1.807) is 38.6 Å². The monoisotopic (exact) mass is 504 g/mol. The molecule has 8 nitrogen and oxygen atoms in total. The molecule has 0 saturated carbocycles. The van der Waals surface area contributed by atoms with Crippen LogP contribution in [-0.4, -0.2) is 46.3 Å². The number of thioether (sulfide) groups is 1. The molecule has 2 unspecified atom stereocenters. The Morgan fingerprint density at radius 1 is 1.08 bits per heavy atom. The van der Waals surface area contributed by atoms with Crippen LogP contribution in [0.2, 0.25) is 0 Å². The number of carbonyl (C=O) groups excluding carboxylic acids is 2. The summed E-state index contributed by atoms with van der Waals surface area (Å²) in [6.07, 6.45) is 1.43. The minimum absolute atomic E-state index is 0.157. The second-order valence-electron chi connectivity index (χ2n) is 8.13. The first-order chi connectivity index (χ1) is 17.5. The van der Waals surface area contributed by atoms with E-state index < -0.39 is 12.1 Å². The topological polar surface area (TPSA) is 93.1 Å². The highest BCUT2D eigenvalue weighted by molar-refractivity contribution is 8.14. The highest BCUT2D eigenvalue weighted by Crippen LogP contribution is 2.36. The van der Waals surface area contributed by atoms with Gasteiger partial charge in [-0.05, 0) is 54.8 Å². The van der Waals surface area contributed by atoms with E-state index >= 15 is 0 Å². The Kier molecular flexibility index (Phi) is 7.90. The Hall–Kier alpha value is -3.85. The number of nitrogens with zero attached hydrogens (tertiary/aromatic N) is 3. The number of benzene rings is 2. The van der Waals surface area contributed by atoms with Gasteiger partial charge in [0.05, 0.1) is 25.2 Å². The lowest BCUT2D eigenvalue weighted by Crippen LogP contribution is -2.45. The molecule has 0 radical (unpaired) electrons. The van der Waals surface area contributed by atoms with Crippen molar-refractivity contribution in [1.82, 2.24) is 15.3 Å². The lowest BCUT2D eigenvalue weighted by molar-refractivity contribution is 0.0882. The smallest absolute Gasteiger partial charge is 0.304 e. The van der Waals surface area contributed by atoms with Gasteiger partial charge in [0.1, 0.15) is 5.69 Å². The number of hydrogen-bond acceptors (Lipinski definition) is 7. The van der Waals surface area contributed by atoms with E-state index in [1.807, 2.05) is 56.3 Å². The highest BCUT2D eigenvalue weighted by Gasteiger charge is 2.36. The number of ether oxygens (including phenoxy) is 2. The zero-order valence-corrected chi connectivity index (χ0v) is 21.4. The van der Waals surface area contributed by atoms with Crippen LogP contribution < -0.4 is 14.8 Å². The Morgan fingerprint density at radius 2 is 1.83 bits per heavy atom. The Balaban J connectivity index is 1.80. The minimum Gasteiger partial charge on any atom is -0.493 e. The van der Waals surface area contributed by atoms with Crippen LogP contribution in [0.5, 0.6) is 11.5 Å². The fraction of sp³-hybridized carbons (Fsp3) is 0.259. The molecular formula is C27H28N4O4S. The largest absolute Gasteiger partial charge is 0.493 e. The van der Waals surface area contributed by atoms with Crippen molar-refractivity contribution in [2.24, 2.45) is 5.10 Å². The van der Waals surface area contributed by atoms with Gasteiger partial charge in [0.2, 0.25) is 0 Å². The number of methoxy groups -OCH3 is 2. The molecule has 9 heteroatoms. The Bertz CT molecular complexity index is 1280. The van der Waals surface area contributed by atoms with Crippen molar-refractivity contribution in [3.05, 3.63) is 89.2 Å². The van der Waals surface area contributed by atoms with Gasteiger partial charge in [0.25, 0.3) is 5.91 Å². The molecule has 0 aliphatic carbocycles. The molecule has 1 aliphatic rings. The molecule has 2 heterocycles. The number of pyridine rings is 1. The molecule has 0 bridgehead atoms. The summed E-state index contributed by atoms with van der Waals surface area (Å²) in [5.41, 5.74) is 3.46. The van der Waals surface area contributed by atoms with Crippen molar-refractivity contribution in [3.63, 3.8) is 0 Å². The first-order valence-corrected chi connectivity index (χ1v) is 12.4. The molecule has 36 heavy (non-hydrogen) atoms. The maximum absolute atomic E-state index is 13.4. The number of hydrazone groups is 1. The number of aryl methyl sites for hydroxylation is 1. The molecule has 186 valence electrons. The highest BCUT2D eigenvalue weighted by atomic mass is 32.2. The van der Waals surface area contributed by atoms with Crippen molar-refractivity contribution in [1.29, 1.82) is 0 Å². The molecule has 3 aromatic rings. The lowest BCUT2D eigenvalue weighted by atomic mass is 10.0. The summed E-state index contributed by atoms with van der Waals surface area (Å²) in [6.45, 7) is 3.95. The van der Waals surface area contributed by atoms with E-state index in [4.69, 9.17) is 14.6 Å². The molecular weight excluding hydrogens is 476 g/mol. The van der Waals surface area contributed by atoms with Crippen LogP contribution in [0.4, 0.5) is 4.79 Å². The second kappa shape index (κ2) is 11.3. The maximum Gasteiger partial charge on any atom is 0.304 e. The van der Waals surface area contributed by atoms with E-state index in [-0.39, 0.29) is 16.2 Å². The van der Waals surface area contributed by atoms with E-state index in [0.717, 1.165) is 16.7 Å². The minimum atomic E-state index is -0.825. The van der Waals surface area contributed by atoms with E-state index in [1.165, 1.54) is 16.8 Å². The van der Waals surface area contributed by atoms with Gasteiger partial charge in [0, 0.05) is 11.8 Å². The quantitative estimate of drug-likeness (QED) is 0.454. The average molecular weight is 505 g/mol. The molecule has 0 fully saturated rings. The van der Waals surface area contributed by atoms with Gasteiger partial charge in [-0.15, -0.1) is 0 Å². The van der Waals surface area contributed by atoms with Crippen LogP contribution in [0.25, 0.3) is 0 Å². The predicted octanol–water partition coefficient (Wildman–Crippen LogP) is 5.19. The third kappa shape index (κ3) is 5.21. The van der Waals surface area contributed by atoms with Crippen LogP contribution >= 0.6 is 11.8 Å². The first kappa shape index (κ1) is 25.2. The third-order valence-electron chi connectivity index (χ3n) is 5.89. The number of aromatic nitrogens is 1. The summed E-state index contributed by atoms with van der Waals surface area (Å²) in [5, 5.41) is 8.75. The molecule has 1 aromatic heterocycles. The molecule has 0 saturated heterocycles. The molecule has 1 N–H and O–H groups in total. The van der Waals surface area contributed by atoms with Gasteiger partial charge in [-0.25, -0.2) is 0 Å². The normalized spacial score (nSPS) is 16.2. The van der Waals surface area contributed by atoms with Crippen LogP contribution in [0, 0.1) is 6.92 Å². The lowest BCUT2D eigenvalue weighted by Gasteiger charge is -2.34. The predicted molar refractivity (Wildman–Crippen MR) is 141 cm³/mol. The number of rotatable bonds is 8. The molecule has 1 aliphatic heterocycles. The summed E-state index contributed by atoms with van der Waals surface area (Å²) in [6, 6.07) is 18.3. The zero-order valence-electron chi connectivity index (χ0n) is 20.6. The Labute approximate surface area is 214 Å².